The number of ether oxygens (including phenoxy) is 1. The molecule has 0 atom stereocenters. The number of benzene rings is 1. The first-order valence-corrected chi connectivity index (χ1v) is 7.18. The number of nitrogens with one attached hydrogen (secondary N) is 1. The lowest BCUT2D eigenvalue weighted by Gasteiger charge is -2.11. The first-order valence-electron chi connectivity index (χ1n) is 5.69. The highest BCUT2D eigenvalue weighted by Gasteiger charge is 2.14. The zero-order chi connectivity index (χ0) is 14.5. The summed E-state index contributed by atoms with van der Waals surface area (Å²) in [5.41, 5.74) is 0.315. The Morgan fingerprint density at radius 2 is 1.84 bits per heavy atom. The SMILES string of the molecule is COC(=O)c1ccc(S(=O)(=O)NCCN(C)C)cc1. The highest BCUT2D eigenvalue weighted by molar-refractivity contribution is 7.89. The van der Waals surface area contributed by atoms with Crippen LogP contribution in [-0.4, -0.2) is 53.6 Å². The van der Waals surface area contributed by atoms with E-state index in [-0.39, 0.29) is 4.90 Å². The average molecular weight is 286 g/mol. The molecule has 0 saturated carbocycles. The van der Waals surface area contributed by atoms with Gasteiger partial charge in [0.05, 0.1) is 17.6 Å². The topological polar surface area (TPSA) is 75.7 Å². The maximum absolute atomic E-state index is 11.9. The van der Waals surface area contributed by atoms with E-state index in [2.05, 4.69) is 9.46 Å². The fraction of sp³-hybridized carbons (Fsp3) is 0.417. The van der Waals surface area contributed by atoms with E-state index in [1.54, 1.807) is 0 Å². The molecule has 6 nitrogen and oxygen atoms in total. The summed E-state index contributed by atoms with van der Waals surface area (Å²) in [6.07, 6.45) is 0. The van der Waals surface area contributed by atoms with Gasteiger partial charge in [-0.1, -0.05) is 0 Å². The van der Waals surface area contributed by atoms with Crippen molar-refractivity contribution in [3.8, 4) is 0 Å². The lowest BCUT2D eigenvalue weighted by atomic mass is 10.2. The van der Waals surface area contributed by atoms with Crippen molar-refractivity contribution in [2.45, 2.75) is 4.90 Å². The van der Waals surface area contributed by atoms with Crippen LogP contribution in [0, 0.1) is 0 Å². The molecule has 0 radical (unpaired) electrons. The molecule has 0 unspecified atom stereocenters. The van der Waals surface area contributed by atoms with E-state index in [1.165, 1.54) is 31.4 Å². The maximum atomic E-state index is 11.9. The molecule has 0 spiro atoms. The molecule has 0 amide bonds. The molecule has 0 bridgehead atoms. The molecular formula is C12H18N2O4S. The minimum Gasteiger partial charge on any atom is -0.465 e. The van der Waals surface area contributed by atoms with Crippen LogP contribution in [0.5, 0.6) is 0 Å². The molecule has 1 N–H and O–H groups in total. The Kier molecular flexibility index (Phi) is 5.46. The number of methoxy groups -OCH3 is 1. The maximum Gasteiger partial charge on any atom is 0.337 e. The Bertz CT molecular complexity index is 523. The zero-order valence-electron chi connectivity index (χ0n) is 11.2. The van der Waals surface area contributed by atoms with Gasteiger partial charge in [0.25, 0.3) is 0 Å². The third-order valence-corrected chi connectivity index (χ3v) is 3.91. The zero-order valence-corrected chi connectivity index (χ0v) is 12.0. The van der Waals surface area contributed by atoms with Crippen LogP contribution in [0.1, 0.15) is 10.4 Å². The van der Waals surface area contributed by atoms with Gasteiger partial charge in [0.15, 0.2) is 0 Å². The van der Waals surface area contributed by atoms with E-state index in [9.17, 15) is 13.2 Å². The van der Waals surface area contributed by atoms with E-state index in [0.717, 1.165) is 0 Å². The van der Waals surface area contributed by atoms with Crippen LogP contribution < -0.4 is 4.72 Å². The molecular weight excluding hydrogens is 268 g/mol. The van der Waals surface area contributed by atoms with E-state index in [1.807, 2.05) is 19.0 Å². The standard InChI is InChI=1S/C12H18N2O4S/c1-14(2)9-8-13-19(16,17)11-6-4-10(5-7-11)12(15)18-3/h4-7,13H,8-9H2,1-3H3. The van der Waals surface area contributed by atoms with Crippen LogP contribution in [0.3, 0.4) is 0 Å². The highest BCUT2D eigenvalue weighted by atomic mass is 32.2. The molecule has 0 heterocycles. The summed E-state index contributed by atoms with van der Waals surface area (Å²) in [5.74, 6) is -0.496. The number of hydrogen-bond donors (Lipinski definition) is 1. The molecule has 0 aliphatic heterocycles. The van der Waals surface area contributed by atoms with Gasteiger partial charge in [0, 0.05) is 13.1 Å². The second kappa shape index (κ2) is 6.65. The smallest absolute Gasteiger partial charge is 0.337 e. The monoisotopic (exact) mass is 286 g/mol. The van der Waals surface area contributed by atoms with Crippen molar-refractivity contribution in [1.82, 2.24) is 9.62 Å². The predicted octanol–water partition coefficient (Wildman–Crippen LogP) is 0.313. The number of hydrogen-bond acceptors (Lipinski definition) is 5. The molecule has 19 heavy (non-hydrogen) atoms. The van der Waals surface area contributed by atoms with E-state index in [0.29, 0.717) is 18.7 Å². The van der Waals surface area contributed by atoms with Gasteiger partial charge in [0.1, 0.15) is 0 Å². The fourth-order valence-corrected chi connectivity index (χ4v) is 2.40. The van der Waals surface area contributed by atoms with Gasteiger partial charge in [-0.25, -0.2) is 17.9 Å². The molecule has 0 aliphatic rings. The van der Waals surface area contributed by atoms with Crippen molar-refractivity contribution in [2.75, 3.05) is 34.3 Å². The first kappa shape index (κ1) is 15.6. The van der Waals surface area contributed by atoms with Crippen molar-refractivity contribution < 1.29 is 17.9 Å². The second-order valence-electron chi connectivity index (χ2n) is 4.22. The van der Waals surface area contributed by atoms with Crippen molar-refractivity contribution >= 4 is 16.0 Å². The number of carbonyl (C=O) groups is 1. The van der Waals surface area contributed by atoms with Crippen LogP contribution in [0.2, 0.25) is 0 Å². The predicted molar refractivity (Wildman–Crippen MR) is 71.5 cm³/mol. The Labute approximate surface area is 113 Å². The lowest BCUT2D eigenvalue weighted by Crippen LogP contribution is -2.31. The van der Waals surface area contributed by atoms with Gasteiger partial charge in [-0.05, 0) is 38.4 Å². The molecule has 1 aromatic rings. The Hall–Kier alpha value is -1.44. The summed E-state index contributed by atoms with van der Waals surface area (Å²) in [7, 11) is 1.46. The van der Waals surface area contributed by atoms with Gasteiger partial charge < -0.3 is 9.64 Å². The minimum atomic E-state index is -3.53. The number of sulfonamides is 1. The van der Waals surface area contributed by atoms with Crippen molar-refractivity contribution in [3.05, 3.63) is 29.8 Å². The summed E-state index contributed by atoms with van der Waals surface area (Å²) in [6.45, 7) is 0.938. The highest BCUT2D eigenvalue weighted by Crippen LogP contribution is 2.11. The van der Waals surface area contributed by atoms with E-state index < -0.39 is 16.0 Å². The molecule has 106 valence electrons. The van der Waals surface area contributed by atoms with Crippen molar-refractivity contribution in [2.24, 2.45) is 0 Å². The molecule has 1 aromatic carbocycles. The van der Waals surface area contributed by atoms with Crippen LogP contribution in [0.25, 0.3) is 0 Å². The van der Waals surface area contributed by atoms with E-state index in [4.69, 9.17) is 0 Å². The summed E-state index contributed by atoms with van der Waals surface area (Å²) in [4.78, 5) is 13.2. The average Bonchev–Trinajstić information content (AvgIpc) is 2.37. The van der Waals surface area contributed by atoms with Gasteiger partial charge in [-0.2, -0.15) is 0 Å². The lowest BCUT2D eigenvalue weighted by molar-refractivity contribution is 0.0600. The second-order valence-corrected chi connectivity index (χ2v) is 5.98. The Morgan fingerprint density at radius 1 is 1.26 bits per heavy atom. The summed E-state index contributed by atoms with van der Waals surface area (Å²) >= 11 is 0. The fourth-order valence-electron chi connectivity index (χ4n) is 1.37. The third kappa shape index (κ3) is 4.62. The van der Waals surface area contributed by atoms with Gasteiger partial charge >= 0.3 is 5.97 Å². The van der Waals surface area contributed by atoms with Gasteiger partial charge in [0.2, 0.25) is 10.0 Å². The first-order chi connectivity index (χ1) is 8.86. The molecule has 1 rings (SSSR count). The van der Waals surface area contributed by atoms with Crippen LogP contribution >= 0.6 is 0 Å². The van der Waals surface area contributed by atoms with Crippen molar-refractivity contribution in [1.29, 1.82) is 0 Å². The molecule has 0 aliphatic carbocycles. The van der Waals surface area contributed by atoms with Crippen LogP contribution in [0.15, 0.2) is 29.2 Å². The molecule has 0 aromatic heterocycles. The molecule has 0 saturated heterocycles. The summed E-state index contributed by atoms with van der Waals surface area (Å²) < 4.78 is 30.9. The Morgan fingerprint density at radius 3 is 2.32 bits per heavy atom. The number of nitrogens with zero attached hydrogens (tertiary/aromatic N) is 1. The third-order valence-electron chi connectivity index (χ3n) is 2.44. The summed E-state index contributed by atoms with van der Waals surface area (Å²) in [5, 5.41) is 0. The normalized spacial score (nSPS) is 11.6. The minimum absolute atomic E-state index is 0.124. The van der Waals surface area contributed by atoms with Gasteiger partial charge in [-0.3, -0.25) is 0 Å². The number of rotatable bonds is 6. The van der Waals surface area contributed by atoms with E-state index >= 15 is 0 Å². The summed E-state index contributed by atoms with van der Waals surface area (Å²) in [6, 6.07) is 5.60. The molecule has 7 heteroatoms. The number of carbonyl (C=O) groups excluding carboxylic acids is 1. The van der Waals surface area contributed by atoms with Crippen LogP contribution in [0.4, 0.5) is 0 Å². The Balaban J connectivity index is 2.76. The number of likely N-dealkylation sites (N-methyl/N-ethyl adjacent to an activating group) is 1. The van der Waals surface area contributed by atoms with Crippen molar-refractivity contribution in [3.63, 3.8) is 0 Å². The quantitative estimate of drug-likeness (QED) is 0.762. The molecule has 0 fully saturated rings. The largest absolute Gasteiger partial charge is 0.465 e. The van der Waals surface area contributed by atoms with Crippen LogP contribution in [-0.2, 0) is 14.8 Å². The van der Waals surface area contributed by atoms with Gasteiger partial charge in [-0.15, -0.1) is 0 Å². The number of esters is 1.